The number of rotatable bonds is 4. The van der Waals surface area contributed by atoms with Crippen molar-refractivity contribution in [3.05, 3.63) is 53.0 Å². The van der Waals surface area contributed by atoms with Gasteiger partial charge in [0.2, 0.25) is 0 Å². The molecule has 3 heterocycles. The van der Waals surface area contributed by atoms with E-state index in [1.807, 2.05) is 58.5 Å². The van der Waals surface area contributed by atoms with Crippen molar-refractivity contribution in [2.45, 2.75) is 65.5 Å². The van der Waals surface area contributed by atoms with Crippen molar-refractivity contribution < 1.29 is 19.4 Å². The number of aromatic nitrogens is 3. The van der Waals surface area contributed by atoms with Gasteiger partial charge in [0.25, 0.3) is 0 Å². The van der Waals surface area contributed by atoms with Gasteiger partial charge >= 0.3 is 6.09 Å². The first-order valence-electron chi connectivity index (χ1n) is 11.8. The molecule has 1 aliphatic rings. The number of amides is 1. The molecule has 0 saturated carbocycles. The molecule has 9 heteroatoms. The van der Waals surface area contributed by atoms with E-state index in [0.717, 1.165) is 22.2 Å². The zero-order chi connectivity index (χ0) is 25.5. The molecule has 0 bridgehead atoms. The van der Waals surface area contributed by atoms with E-state index in [0.29, 0.717) is 23.6 Å². The average molecular weight is 482 g/mol. The van der Waals surface area contributed by atoms with E-state index in [-0.39, 0.29) is 13.2 Å². The van der Waals surface area contributed by atoms with Gasteiger partial charge in [-0.25, -0.2) is 4.79 Å². The number of ether oxygens (including phenoxy) is 2. The van der Waals surface area contributed by atoms with Gasteiger partial charge in [-0.2, -0.15) is 5.10 Å². The lowest BCUT2D eigenvalue weighted by atomic mass is 9.95. The van der Waals surface area contributed by atoms with Crippen LogP contribution in [0.5, 0.6) is 5.75 Å². The van der Waals surface area contributed by atoms with Crippen LogP contribution in [0.3, 0.4) is 0 Å². The van der Waals surface area contributed by atoms with E-state index in [1.165, 1.54) is 0 Å². The second-order valence-electron chi connectivity index (χ2n) is 10.5. The molecule has 0 radical (unpaired) electrons. The topological polar surface area (TPSA) is 102 Å². The SMILES string of the molecule is Cc1cccc2c(C(C)(C)NC(O)c3ccnc4c3OCCN(C(=O)OC(C)(C)C)C4)nn(C)c12. The Morgan fingerprint density at radius 1 is 1.23 bits per heavy atom. The summed E-state index contributed by atoms with van der Waals surface area (Å²) in [5.41, 5.74) is 2.93. The van der Waals surface area contributed by atoms with Gasteiger partial charge in [0.05, 0.1) is 29.8 Å². The number of carbonyl (C=O) groups is 1. The number of pyridine rings is 1. The smallest absolute Gasteiger partial charge is 0.410 e. The van der Waals surface area contributed by atoms with E-state index in [9.17, 15) is 9.90 Å². The van der Waals surface area contributed by atoms with E-state index in [1.54, 1.807) is 17.2 Å². The van der Waals surface area contributed by atoms with Crippen LogP contribution in [0.25, 0.3) is 10.9 Å². The maximum Gasteiger partial charge on any atom is 0.410 e. The number of para-hydroxylation sites is 1. The maximum atomic E-state index is 12.6. The standard InChI is InChI=1S/C26H35N5O4/c1-16-9-8-10-17-20(16)30(7)29-22(17)26(5,6)28-23(32)18-11-12-27-19-15-31(13-14-34-21(18)19)24(33)35-25(2,3)4/h8-12,23,28,32H,13-15H2,1-7H3. The molecule has 9 nitrogen and oxygen atoms in total. The summed E-state index contributed by atoms with van der Waals surface area (Å²) < 4.78 is 13.4. The number of hydrogen-bond donors (Lipinski definition) is 2. The number of nitrogens with zero attached hydrogens (tertiary/aromatic N) is 4. The minimum Gasteiger partial charge on any atom is -0.489 e. The van der Waals surface area contributed by atoms with Crippen LogP contribution in [-0.2, 0) is 23.9 Å². The molecule has 0 saturated heterocycles. The lowest BCUT2D eigenvalue weighted by molar-refractivity contribution is 0.0223. The normalized spacial score (nSPS) is 15.4. The second kappa shape index (κ2) is 9.13. The molecule has 1 aliphatic heterocycles. The van der Waals surface area contributed by atoms with Gasteiger partial charge in [-0.05, 0) is 53.2 Å². The number of fused-ring (bicyclic) bond motifs is 2. The highest BCUT2D eigenvalue weighted by atomic mass is 16.6. The van der Waals surface area contributed by atoms with Crippen LogP contribution in [-0.4, -0.2) is 49.6 Å². The largest absolute Gasteiger partial charge is 0.489 e. The van der Waals surface area contributed by atoms with Crippen molar-refractivity contribution in [2.24, 2.45) is 7.05 Å². The third-order valence-corrected chi connectivity index (χ3v) is 6.06. The number of aryl methyl sites for hydroxylation is 2. The molecule has 0 spiro atoms. The number of aliphatic hydroxyl groups is 1. The van der Waals surface area contributed by atoms with Crippen LogP contribution < -0.4 is 10.1 Å². The Bertz CT molecular complexity index is 1240. The van der Waals surface area contributed by atoms with Crippen LogP contribution in [0.1, 0.15) is 63.4 Å². The van der Waals surface area contributed by atoms with Gasteiger partial charge in [0.1, 0.15) is 29.9 Å². The van der Waals surface area contributed by atoms with E-state index in [4.69, 9.17) is 14.6 Å². The summed E-state index contributed by atoms with van der Waals surface area (Å²) in [6.07, 6.45) is 0.156. The van der Waals surface area contributed by atoms with E-state index in [2.05, 4.69) is 23.3 Å². The number of benzene rings is 1. The van der Waals surface area contributed by atoms with Crippen LogP contribution in [0.15, 0.2) is 30.5 Å². The average Bonchev–Trinajstić information content (AvgIpc) is 2.96. The molecule has 35 heavy (non-hydrogen) atoms. The molecule has 1 atom stereocenters. The van der Waals surface area contributed by atoms with Crippen molar-refractivity contribution in [3.63, 3.8) is 0 Å². The number of hydrogen-bond acceptors (Lipinski definition) is 7. The van der Waals surface area contributed by atoms with Gasteiger partial charge in [-0.15, -0.1) is 0 Å². The zero-order valence-corrected chi connectivity index (χ0v) is 21.5. The molecule has 3 aromatic rings. The summed E-state index contributed by atoms with van der Waals surface area (Å²) in [5, 5.41) is 20.4. The summed E-state index contributed by atoms with van der Waals surface area (Å²) in [7, 11) is 1.93. The summed E-state index contributed by atoms with van der Waals surface area (Å²) >= 11 is 0. The fourth-order valence-electron chi connectivity index (χ4n) is 4.49. The second-order valence-corrected chi connectivity index (χ2v) is 10.5. The fraction of sp³-hybridized carbons (Fsp3) is 0.500. The first-order chi connectivity index (χ1) is 16.4. The van der Waals surface area contributed by atoms with Crippen LogP contribution >= 0.6 is 0 Å². The predicted molar refractivity (Wildman–Crippen MR) is 133 cm³/mol. The number of nitrogens with one attached hydrogen (secondary N) is 1. The maximum absolute atomic E-state index is 12.6. The molecular formula is C26H35N5O4. The molecular weight excluding hydrogens is 446 g/mol. The molecule has 0 aliphatic carbocycles. The summed E-state index contributed by atoms with van der Waals surface area (Å²) in [5.74, 6) is 0.482. The van der Waals surface area contributed by atoms with Gasteiger partial charge in [-0.1, -0.05) is 18.2 Å². The lowest BCUT2D eigenvalue weighted by Crippen LogP contribution is -2.40. The van der Waals surface area contributed by atoms with Crippen LogP contribution in [0.4, 0.5) is 4.79 Å². The highest BCUT2D eigenvalue weighted by molar-refractivity contribution is 5.85. The highest BCUT2D eigenvalue weighted by Gasteiger charge is 2.32. The van der Waals surface area contributed by atoms with Crippen LogP contribution in [0, 0.1) is 6.92 Å². The third kappa shape index (κ3) is 5.11. The molecule has 2 aromatic heterocycles. The van der Waals surface area contributed by atoms with Crippen molar-refractivity contribution in [3.8, 4) is 5.75 Å². The zero-order valence-electron chi connectivity index (χ0n) is 21.5. The third-order valence-electron chi connectivity index (χ3n) is 6.06. The van der Waals surface area contributed by atoms with Crippen molar-refractivity contribution in [2.75, 3.05) is 13.2 Å². The first kappa shape index (κ1) is 24.9. The Kier molecular flexibility index (Phi) is 6.50. The van der Waals surface area contributed by atoms with Gasteiger partial charge in [0.15, 0.2) is 0 Å². The number of carbonyl (C=O) groups excluding carboxylic acids is 1. The molecule has 1 aromatic carbocycles. The van der Waals surface area contributed by atoms with Gasteiger partial charge in [0, 0.05) is 24.2 Å². The van der Waals surface area contributed by atoms with E-state index < -0.39 is 23.5 Å². The number of aliphatic hydroxyl groups excluding tert-OH is 1. The lowest BCUT2D eigenvalue weighted by Gasteiger charge is -2.29. The Morgan fingerprint density at radius 3 is 2.69 bits per heavy atom. The minimum atomic E-state index is -1.04. The predicted octanol–water partition coefficient (Wildman–Crippen LogP) is 3.92. The molecule has 1 unspecified atom stereocenters. The monoisotopic (exact) mass is 481 g/mol. The summed E-state index contributed by atoms with van der Waals surface area (Å²) in [4.78, 5) is 18.6. The Morgan fingerprint density at radius 2 is 1.97 bits per heavy atom. The Hall–Kier alpha value is -3.17. The molecule has 2 N–H and O–H groups in total. The Labute approximate surface area is 206 Å². The fourth-order valence-corrected chi connectivity index (χ4v) is 4.49. The van der Waals surface area contributed by atoms with Gasteiger partial charge in [-0.3, -0.25) is 19.9 Å². The quantitative estimate of drug-likeness (QED) is 0.545. The molecule has 0 fully saturated rings. The van der Waals surface area contributed by atoms with Gasteiger partial charge < -0.3 is 14.6 Å². The summed E-state index contributed by atoms with van der Waals surface area (Å²) in [6.45, 7) is 12.4. The molecule has 1 amide bonds. The van der Waals surface area contributed by atoms with Crippen molar-refractivity contribution in [1.82, 2.24) is 25.0 Å². The molecule has 188 valence electrons. The van der Waals surface area contributed by atoms with Crippen LogP contribution in [0.2, 0.25) is 0 Å². The Balaban J connectivity index is 1.60. The van der Waals surface area contributed by atoms with E-state index >= 15 is 0 Å². The van der Waals surface area contributed by atoms with Crippen molar-refractivity contribution >= 4 is 17.0 Å². The first-order valence-corrected chi connectivity index (χ1v) is 11.8. The highest BCUT2D eigenvalue weighted by Crippen LogP contribution is 2.34. The summed E-state index contributed by atoms with van der Waals surface area (Å²) in [6, 6.07) is 7.86. The van der Waals surface area contributed by atoms with Crippen molar-refractivity contribution in [1.29, 1.82) is 0 Å². The minimum absolute atomic E-state index is 0.234. The molecule has 4 rings (SSSR count).